The smallest absolute Gasteiger partial charge is 0.270 e. The summed E-state index contributed by atoms with van der Waals surface area (Å²) in [6.07, 6.45) is 2.31. The van der Waals surface area contributed by atoms with Crippen LogP contribution in [0.1, 0.15) is 29.0 Å². The largest absolute Gasteiger partial charge is 0.360 e. The van der Waals surface area contributed by atoms with E-state index in [0.717, 1.165) is 32.5 Å². The third kappa shape index (κ3) is 5.61. The highest BCUT2D eigenvalue weighted by molar-refractivity contribution is 5.99. The van der Waals surface area contributed by atoms with Gasteiger partial charge in [0.25, 0.3) is 11.6 Å². The molecule has 0 spiro atoms. The zero-order valence-electron chi connectivity index (χ0n) is 16.2. The van der Waals surface area contributed by atoms with Crippen LogP contribution in [0.2, 0.25) is 0 Å². The Labute approximate surface area is 167 Å². The number of benzene rings is 1. The second kappa shape index (κ2) is 9.28. The molecular weight excluding hydrogens is 378 g/mol. The van der Waals surface area contributed by atoms with Crippen LogP contribution in [0.25, 0.3) is 0 Å². The lowest BCUT2D eigenvalue weighted by molar-refractivity contribution is -0.886. The third-order valence-electron chi connectivity index (χ3n) is 4.87. The second-order valence-electron chi connectivity index (χ2n) is 7.11. The highest BCUT2D eigenvalue weighted by Gasteiger charge is 2.24. The normalized spacial score (nSPS) is 14.0. The SMILES string of the molecule is Cc1cc(NC(=O)CN(CC[NH+]2CCCC2)C(=O)c2cccc([N+](=O)[O-])c2)no1. The molecule has 154 valence electrons. The van der Waals surface area contributed by atoms with Crippen molar-refractivity contribution in [1.82, 2.24) is 10.1 Å². The molecule has 1 fully saturated rings. The summed E-state index contributed by atoms with van der Waals surface area (Å²) >= 11 is 0. The minimum absolute atomic E-state index is 0.163. The fourth-order valence-corrected chi connectivity index (χ4v) is 3.39. The van der Waals surface area contributed by atoms with Crippen LogP contribution in [-0.4, -0.2) is 59.5 Å². The third-order valence-corrected chi connectivity index (χ3v) is 4.87. The lowest BCUT2D eigenvalue weighted by Gasteiger charge is -2.23. The van der Waals surface area contributed by atoms with Gasteiger partial charge in [-0.3, -0.25) is 19.7 Å². The van der Waals surface area contributed by atoms with Gasteiger partial charge in [0.1, 0.15) is 12.3 Å². The number of amides is 2. The van der Waals surface area contributed by atoms with Gasteiger partial charge in [0.05, 0.1) is 31.1 Å². The number of nitro groups is 1. The van der Waals surface area contributed by atoms with Crippen LogP contribution < -0.4 is 10.2 Å². The molecule has 1 aliphatic heterocycles. The molecule has 0 atom stereocenters. The summed E-state index contributed by atoms with van der Waals surface area (Å²) in [6.45, 7) is 4.71. The van der Waals surface area contributed by atoms with Gasteiger partial charge in [-0.05, 0) is 13.0 Å². The number of hydrogen-bond donors (Lipinski definition) is 2. The first kappa shape index (κ1) is 20.5. The molecule has 3 rings (SSSR count). The van der Waals surface area contributed by atoms with E-state index in [1.54, 1.807) is 13.0 Å². The van der Waals surface area contributed by atoms with Crippen LogP contribution in [0, 0.1) is 17.0 Å². The van der Waals surface area contributed by atoms with E-state index in [1.165, 1.54) is 34.1 Å². The summed E-state index contributed by atoms with van der Waals surface area (Å²) in [6, 6.07) is 7.13. The number of nitrogens with one attached hydrogen (secondary N) is 2. The average Bonchev–Trinajstić information content (AvgIpc) is 3.36. The van der Waals surface area contributed by atoms with Crippen LogP contribution >= 0.6 is 0 Å². The maximum absolute atomic E-state index is 13.0. The summed E-state index contributed by atoms with van der Waals surface area (Å²) < 4.78 is 4.93. The fourth-order valence-electron chi connectivity index (χ4n) is 3.39. The second-order valence-corrected chi connectivity index (χ2v) is 7.11. The van der Waals surface area contributed by atoms with E-state index in [1.807, 2.05) is 0 Å². The fraction of sp³-hybridized carbons (Fsp3) is 0.421. The number of quaternary nitrogens is 1. The molecule has 29 heavy (non-hydrogen) atoms. The predicted molar refractivity (Wildman–Crippen MR) is 104 cm³/mol. The molecule has 1 aromatic carbocycles. The molecule has 10 nitrogen and oxygen atoms in total. The molecule has 0 bridgehead atoms. The summed E-state index contributed by atoms with van der Waals surface area (Å²) in [5.74, 6) is 0.00941. The van der Waals surface area contributed by atoms with Gasteiger partial charge in [0.15, 0.2) is 5.82 Å². The van der Waals surface area contributed by atoms with Crippen LogP contribution in [0.15, 0.2) is 34.9 Å². The maximum Gasteiger partial charge on any atom is 0.270 e. The van der Waals surface area contributed by atoms with Crippen LogP contribution in [0.3, 0.4) is 0 Å². The Morgan fingerprint density at radius 2 is 2.07 bits per heavy atom. The van der Waals surface area contributed by atoms with Gasteiger partial charge in [-0.15, -0.1) is 0 Å². The van der Waals surface area contributed by atoms with Gasteiger partial charge >= 0.3 is 0 Å². The Balaban J connectivity index is 1.72. The molecule has 1 aliphatic rings. The van der Waals surface area contributed by atoms with Crippen molar-refractivity contribution in [2.24, 2.45) is 0 Å². The molecule has 2 N–H and O–H groups in total. The van der Waals surface area contributed by atoms with Gasteiger partial charge in [-0.2, -0.15) is 0 Å². The van der Waals surface area contributed by atoms with Gasteiger partial charge in [-0.25, -0.2) is 0 Å². The number of anilines is 1. The monoisotopic (exact) mass is 402 g/mol. The van der Waals surface area contributed by atoms with E-state index in [-0.39, 0.29) is 23.6 Å². The quantitative estimate of drug-likeness (QED) is 0.494. The molecule has 2 aromatic rings. The molecule has 0 saturated carbocycles. The van der Waals surface area contributed by atoms with Gasteiger partial charge in [-0.1, -0.05) is 11.2 Å². The number of aryl methyl sites for hydroxylation is 1. The number of aromatic nitrogens is 1. The summed E-state index contributed by atoms with van der Waals surface area (Å²) in [5.41, 5.74) is 0.0178. The van der Waals surface area contributed by atoms with Crippen molar-refractivity contribution in [2.75, 3.05) is 38.0 Å². The number of nitrogens with zero attached hydrogens (tertiary/aromatic N) is 3. The van der Waals surface area contributed by atoms with E-state index in [2.05, 4.69) is 10.5 Å². The number of hydrogen-bond acceptors (Lipinski definition) is 6. The van der Waals surface area contributed by atoms with Gasteiger partial charge in [0, 0.05) is 36.6 Å². The van der Waals surface area contributed by atoms with E-state index in [4.69, 9.17) is 4.52 Å². The highest BCUT2D eigenvalue weighted by atomic mass is 16.6. The van der Waals surface area contributed by atoms with E-state index >= 15 is 0 Å². The van der Waals surface area contributed by atoms with Crippen molar-refractivity contribution in [3.05, 3.63) is 51.8 Å². The van der Waals surface area contributed by atoms with Crippen molar-refractivity contribution in [2.45, 2.75) is 19.8 Å². The Bertz CT molecular complexity index is 891. The van der Waals surface area contributed by atoms with Crippen molar-refractivity contribution in [3.8, 4) is 0 Å². The Morgan fingerprint density at radius 1 is 1.31 bits per heavy atom. The molecule has 0 radical (unpaired) electrons. The molecule has 2 heterocycles. The summed E-state index contributed by atoms with van der Waals surface area (Å²) in [7, 11) is 0. The standard InChI is InChI=1S/C19H23N5O5/c1-14-11-17(21-29-14)20-18(25)13-23(10-9-22-7-2-3-8-22)19(26)15-5-4-6-16(12-15)24(27)28/h4-6,11-12H,2-3,7-10,13H2,1H3,(H,20,21,25)/p+1. The molecule has 1 saturated heterocycles. The van der Waals surface area contributed by atoms with Crippen molar-refractivity contribution in [3.63, 3.8) is 0 Å². The number of carbonyl (C=O) groups is 2. The maximum atomic E-state index is 13.0. The van der Waals surface area contributed by atoms with Crippen molar-refractivity contribution < 1.29 is 23.9 Å². The molecule has 0 unspecified atom stereocenters. The van der Waals surface area contributed by atoms with Crippen LogP contribution in [0.4, 0.5) is 11.5 Å². The van der Waals surface area contributed by atoms with Gasteiger partial charge < -0.3 is 19.6 Å². The number of non-ortho nitro benzene ring substituents is 1. The first-order chi connectivity index (χ1) is 13.9. The van der Waals surface area contributed by atoms with Crippen LogP contribution in [0.5, 0.6) is 0 Å². The summed E-state index contributed by atoms with van der Waals surface area (Å²) in [4.78, 5) is 38.7. The van der Waals surface area contributed by atoms with Crippen LogP contribution in [-0.2, 0) is 4.79 Å². The average molecular weight is 402 g/mol. The molecular formula is C19H24N5O5+. The summed E-state index contributed by atoms with van der Waals surface area (Å²) in [5, 5.41) is 17.3. The van der Waals surface area contributed by atoms with Crippen molar-refractivity contribution in [1.29, 1.82) is 0 Å². The van der Waals surface area contributed by atoms with Crippen molar-refractivity contribution >= 4 is 23.3 Å². The number of rotatable bonds is 8. The number of nitro benzene ring substituents is 1. The molecule has 2 amide bonds. The van der Waals surface area contributed by atoms with Gasteiger partial charge in [0.2, 0.25) is 5.91 Å². The first-order valence-electron chi connectivity index (χ1n) is 9.53. The lowest BCUT2D eigenvalue weighted by atomic mass is 10.1. The van der Waals surface area contributed by atoms with E-state index in [0.29, 0.717) is 12.3 Å². The predicted octanol–water partition coefficient (Wildman–Crippen LogP) is 0.651. The minimum Gasteiger partial charge on any atom is -0.360 e. The highest BCUT2D eigenvalue weighted by Crippen LogP contribution is 2.15. The Kier molecular flexibility index (Phi) is 6.55. The number of carbonyl (C=O) groups excluding carboxylic acids is 2. The molecule has 10 heteroatoms. The first-order valence-corrected chi connectivity index (χ1v) is 9.53. The van der Waals surface area contributed by atoms with E-state index < -0.39 is 16.7 Å². The lowest BCUT2D eigenvalue weighted by Crippen LogP contribution is -3.10. The topological polar surface area (TPSA) is 123 Å². The zero-order valence-corrected chi connectivity index (χ0v) is 16.2. The molecule has 0 aliphatic carbocycles. The molecule has 1 aromatic heterocycles. The minimum atomic E-state index is -0.547. The van der Waals surface area contributed by atoms with E-state index in [9.17, 15) is 19.7 Å². The Morgan fingerprint density at radius 3 is 2.72 bits per heavy atom. The number of likely N-dealkylation sites (tertiary alicyclic amines) is 1. The zero-order chi connectivity index (χ0) is 20.8. The Hall–Kier alpha value is -3.27.